The van der Waals surface area contributed by atoms with Crippen LogP contribution >= 0.6 is 11.3 Å². The lowest BCUT2D eigenvalue weighted by Gasteiger charge is -2.02. The van der Waals surface area contributed by atoms with E-state index >= 15 is 0 Å². The topological polar surface area (TPSA) is 37.8 Å². The molecular weight excluding hydrogens is 206 g/mol. The highest BCUT2D eigenvalue weighted by atomic mass is 32.1. The highest BCUT2D eigenvalue weighted by Gasteiger charge is 1.98. The van der Waals surface area contributed by atoms with Gasteiger partial charge in [-0.1, -0.05) is 6.07 Å². The Morgan fingerprint density at radius 2 is 2.27 bits per heavy atom. The number of thiazole rings is 1. The highest BCUT2D eigenvalue weighted by molar-refractivity contribution is 7.11. The van der Waals surface area contributed by atoms with Crippen molar-refractivity contribution in [1.29, 1.82) is 0 Å². The second-order valence-corrected chi connectivity index (χ2v) is 4.58. The molecule has 1 N–H and O–H groups in total. The number of hydrogen-bond acceptors (Lipinski definition) is 4. The smallest absolute Gasteiger partial charge is 0.125 e. The third-order valence-corrected chi connectivity index (χ3v) is 2.95. The summed E-state index contributed by atoms with van der Waals surface area (Å²) in [5, 5.41) is 4.43. The second kappa shape index (κ2) is 4.89. The van der Waals surface area contributed by atoms with Crippen molar-refractivity contribution in [1.82, 2.24) is 9.97 Å². The third-order valence-electron chi connectivity index (χ3n) is 1.98. The van der Waals surface area contributed by atoms with E-state index in [1.165, 1.54) is 9.88 Å². The van der Waals surface area contributed by atoms with Crippen molar-refractivity contribution in [2.75, 3.05) is 11.9 Å². The summed E-state index contributed by atoms with van der Waals surface area (Å²) in [5.74, 6) is 0.922. The monoisotopic (exact) mass is 219 g/mol. The fourth-order valence-corrected chi connectivity index (χ4v) is 2.07. The van der Waals surface area contributed by atoms with Crippen LogP contribution < -0.4 is 5.32 Å². The van der Waals surface area contributed by atoms with Gasteiger partial charge < -0.3 is 5.32 Å². The van der Waals surface area contributed by atoms with Gasteiger partial charge in [0.05, 0.1) is 5.01 Å². The first-order chi connectivity index (χ1) is 7.34. The number of aromatic nitrogens is 2. The van der Waals surface area contributed by atoms with E-state index < -0.39 is 0 Å². The van der Waals surface area contributed by atoms with Gasteiger partial charge in [-0.05, 0) is 19.1 Å². The van der Waals surface area contributed by atoms with Crippen LogP contribution in [0.1, 0.15) is 9.88 Å². The zero-order valence-corrected chi connectivity index (χ0v) is 9.42. The molecule has 4 heteroatoms. The van der Waals surface area contributed by atoms with E-state index in [-0.39, 0.29) is 0 Å². The zero-order chi connectivity index (χ0) is 10.5. The van der Waals surface area contributed by atoms with Gasteiger partial charge in [-0.25, -0.2) is 9.97 Å². The lowest BCUT2D eigenvalue weighted by atomic mass is 10.4. The molecule has 0 saturated heterocycles. The van der Waals surface area contributed by atoms with E-state index in [1.54, 1.807) is 17.5 Å². The Kier molecular flexibility index (Phi) is 3.29. The Morgan fingerprint density at radius 3 is 2.93 bits per heavy atom. The first-order valence-electron chi connectivity index (χ1n) is 4.91. The predicted molar refractivity (Wildman–Crippen MR) is 63.3 cm³/mol. The molecule has 0 atom stereocenters. The minimum Gasteiger partial charge on any atom is -0.370 e. The van der Waals surface area contributed by atoms with Crippen LogP contribution in [-0.4, -0.2) is 16.5 Å². The van der Waals surface area contributed by atoms with Gasteiger partial charge in [0.25, 0.3) is 0 Å². The van der Waals surface area contributed by atoms with E-state index in [1.807, 2.05) is 24.4 Å². The molecule has 78 valence electrons. The fourth-order valence-electron chi connectivity index (χ4n) is 1.28. The number of nitrogens with zero attached hydrogens (tertiary/aromatic N) is 2. The molecule has 0 bridgehead atoms. The van der Waals surface area contributed by atoms with Crippen molar-refractivity contribution < 1.29 is 0 Å². The molecule has 0 unspecified atom stereocenters. The summed E-state index contributed by atoms with van der Waals surface area (Å²) in [5.41, 5.74) is 0. The van der Waals surface area contributed by atoms with E-state index in [0.717, 1.165) is 18.8 Å². The van der Waals surface area contributed by atoms with Gasteiger partial charge in [0, 0.05) is 30.2 Å². The standard InChI is InChI=1S/C11H13N3S/c1-9-8-14-11(15-9)5-7-13-10-4-2-3-6-12-10/h2-4,6,8H,5,7H2,1H3,(H,12,13). The van der Waals surface area contributed by atoms with Gasteiger partial charge >= 0.3 is 0 Å². The van der Waals surface area contributed by atoms with Gasteiger partial charge in [-0.2, -0.15) is 0 Å². The molecule has 0 aliphatic carbocycles. The number of anilines is 1. The van der Waals surface area contributed by atoms with Gasteiger partial charge in [0.2, 0.25) is 0 Å². The summed E-state index contributed by atoms with van der Waals surface area (Å²) in [6.45, 7) is 2.96. The molecule has 0 aromatic carbocycles. The number of nitrogens with one attached hydrogen (secondary N) is 1. The first kappa shape index (κ1) is 10.1. The van der Waals surface area contributed by atoms with Crippen molar-refractivity contribution >= 4 is 17.2 Å². The molecule has 0 radical (unpaired) electrons. The van der Waals surface area contributed by atoms with E-state index in [4.69, 9.17) is 0 Å². The highest BCUT2D eigenvalue weighted by Crippen LogP contribution is 2.11. The van der Waals surface area contributed by atoms with E-state index in [2.05, 4.69) is 22.2 Å². The summed E-state index contributed by atoms with van der Waals surface area (Å²) >= 11 is 1.75. The van der Waals surface area contributed by atoms with Crippen molar-refractivity contribution in [2.24, 2.45) is 0 Å². The molecule has 0 aliphatic rings. The minimum atomic E-state index is 0.879. The normalized spacial score (nSPS) is 10.2. The summed E-state index contributed by atoms with van der Waals surface area (Å²) in [7, 11) is 0. The molecule has 15 heavy (non-hydrogen) atoms. The lowest BCUT2D eigenvalue weighted by Crippen LogP contribution is -2.05. The molecule has 0 saturated carbocycles. The summed E-state index contributed by atoms with van der Waals surface area (Å²) in [6.07, 6.45) is 4.66. The molecule has 2 aromatic rings. The average Bonchev–Trinajstić information content (AvgIpc) is 2.66. The minimum absolute atomic E-state index is 0.879. The summed E-state index contributed by atoms with van der Waals surface area (Å²) in [4.78, 5) is 9.76. The average molecular weight is 219 g/mol. The summed E-state index contributed by atoms with van der Waals surface area (Å²) in [6, 6.07) is 5.85. The Labute approximate surface area is 93.2 Å². The van der Waals surface area contributed by atoms with Crippen molar-refractivity contribution in [3.05, 3.63) is 40.5 Å². The van der Waals surface area contributed by atoms with Crippen molar-refractivity contribution in [3.8, 4) is 0 Å². The third kappa shape index (κ3) is 3.02. The van der Waals surface area contributed by atoms with Crippen LogP contribution in [0, 0.1) is 6.92 Å². The molecule has 2 aromatic heterocycles. The SMILES string of the molecule is Cc1cnc(CCNc2ccccn2)s1. The van der Waals surface area contributed by atoms with Crippen molar-refractivity contribution in [3.63, 3.8) is 0 Å². The maximum atomic E-state index is 4.31. The molecule has 0 amide bonds. The van der Waals surface area contributed by atoms with Crippen LogP contribution in [0.3, 0.4) is 0 Å². The van der Waals surface area contributed by atoms with Crippen LogP contribution in [0.15, 0.2) is 30.6 Å². The molecular formula is C11H13N3S. The summed E-state index contributed by atoms with van der Waals surface area (Å²) < 4.78 is 0. The predicted octanol–water partition coefficient (Wildman–Crippen LogP) is 2.50. The lowest BCUT2D eigenvalue weighted by molar-refractivity contribution is 0.987. The van der Waals surface area contributed by atoms with Gasteiger partial charge in [0.1, 0.15) is 5.82 Å². The largest absolute Gasteiger partial charge is 0.370 e. The van der Waals surface area contributed by atoms with Crippen LogP contribution in [0.2, 0.25) is 0 Å². The zero-order valence-electron chi connectivity index (χ0n) is 8.60. The first-order valence-corrected chi connectivity index (χ1v) is 5.72. The van der Waals surface area contributed by atoms with E-state index in [0.29, 0.717) is 0 Å². The Morgan fingerprint density at radius 1 is 1.33 bits per heavy atom. The maximum absolute atomic E-state index is 4.31. The van der Waals surface area contributed by atoms with Crippen LogP contribution in [0.4, 0.5) is 5.82 Å². The van der Waals surface area contributed by atoms with Crippen molar-refractivity contribution in [2.45, 2.75) is 13.3 Å². The quantitative estimate of drug-likeness (QED) is 0.858. The molecule has 0 spiro atoms. The Balaban J connectivity index is 1.80. The van der Waals surface area contributed by atoms with Gasteiger partial charge in [-0.15, -0.1) is 11.3 Å². The molecule has 3 nitrogen and oxygen atoms in total. The van der Waals surface area contributed by atoms with Crippen LogP contribution in [-0.2, 0) is 6.42 Å². The number of hydrogen-bond donors (Lipinski definition) is 1. The van der Waals surface area contributed by atoms with Gasteiger partial charge in [-0.3, -0.25) is 0 Å². The fraction of sp³-hybridized carbons (Fsp3) is 0.273. The van der Waals surface area contributed by atoms with Gasteiger partial charge in [0.15, 0.2) is 0 Å². The molecule has 2 heterocycles. The maximum Gasteiger partial charge on any atom is 0.125 e. The van der Waals surface area contributed by atoms with Crippen LogP contribution in [0.5, 0.6) is 0 Å². The number of rotatable bonds is 4. The van der Waals surface area contributed by atoms with E-state index in [9.17, 15) is 0 Å². The molecule has 2 rings (SSSR count). The van der Waals surface area contributed by atoms with Crippen LogP contribution in [0.25, 0.3) is 0 Å². The Hall–Kier alpha value is -1.42. The Bertz CT molecular complexity index is 411. The second-order valence-electron chi connectivity index (χ2n) is 3.26. The molecule has 0 aliphatic heterocycles. The molecule has 0 fully saturated rings. The number of pyridine rings is 1. The number of aryl methyl sites for hydroxylation is 1.